The summed E-state index contributed by atoms with van der Waals surface area (Å²) < 4.78 is 13.2. The molecule has 0 unspecified atom stereocenters. The molecule has 2 aromatic rings. The first-order valence-corrected chi connectivity index (χ1v) is 7.94. The topological polar surface area (TPSA) is 40.6 Å². The van der Waals surface area contributed by atoms with Crippen molar-refractivity contribution in [2.75, 3.05) is 20.1 Å². The van der Waals surface area contributed by atoms with E-state index in [1.54, 1.807) is 30.3 Å². The molecule has 0 fully saturated rings. The predicted molar refractivity (Wildman–Crippen MR) is 89.2 cm³/mol. The van der Waals surface area contributed by atoms with E-state index >= 15 is 0 Å². The molecule has 3 rings (SSSR count). The second-order valence-electron chi connectivity index (χ2n) is 6.03. The number of fused-ring (bicyclic) bond motifs is 1. The van der Waals surface area contributed by atoms with E-state index in [4.69, 9.17) is 0 Å². The second-order valence-corrected chi connectivity index (χ2v) is 6.03. The molecule has 0 atom stereocenters. The molecular weight excluding hydrogens is 307 g/mol. The van der Waals surface area contributed by atoms with Crippen molar-refractivity contribution in [2.24, 2.45) is 0 Å². The average molecular weight is 326 g/mol. The molecule has 4 nitrogen and oxygen atoms in total. The standard InChI is InChI=1S/C19H19FN2O2/c1-21(13-14-6-4-7-15(20)12-14)10-5-11-22-18(23)16-8-2-3-9-17(16)19(22)24/h2-4,6-9,12H,5,10-11,13H2,1H3. The molecule has 0 aromatic heterocycles. The molecule has 1 heterocycles. The Kier molecular flexibility index (Phi) is 4.71. The van der Waals surface area contributed by atoms with Crippen LogP contribution in [-0.4, -0.2) is 41.8 Å². The highest BCUT2D eigenvalue weighted by molar-refractivity contribution is 6.21. The Balaban J connectivity index is 1.52. The van der Waals surface area contributed by atoms with Crippen molar-refractivity contribution in [3.63, 3.8) is 0 Å². The number of benzene rings is 2. The Morgan fingerprint density at radius 2 is 1.67 bits per heavy atom. The summed E-state index contributed by atoms with van der Waals surface area (Å²) in [5, 5.41) is 0. The van der Waals surface area contributed by atoms with Gasteiger partial charge in [0.2, 0.25) is 0 Å². The molecular formula is C19H19FN2O2. The molecule has 1 aliphatic rings. The third-order valence-electron chi connectivity index (χ3n) is 4.14. The van der Waals surface area contributed by atoms with E-state index in [9.17, 15) is 14.0 Å². The van der Waals surface area contributed by atoms with E-state index < -0.39 is 0 Å². The monoisotopic (exact) mass is 326 g/mol. The van der Waals surface area contributed by atoms with Gasteiger partial charge in [0.25, 0.3) is 11.8 Å². The Labute approximate surface area is 140 Å². The molecule has 124 valence electrons. The first-order chi connectivity index (χ1) is 11.6. The number of hydrogen-bond acceptors (Lipinski definition) is 3. The van der Waals surface area contributed by atoms with Crippen LogP contribution in [-0.2, 0) is 6.54 Å². The van der Waals surface area contributed by atoms with Gasteiger partial charge in [-0.15, -0.1) is 0 Å². The summed E-state index contributed by atoms with van der Waals surface area (Å²) in [6.07, 6.45) is 0.678. The molecule has 0 saturated carbocycles. The summed E-state index contributed by atoms with van der Waals surface area (Å²) in [5.41, 5.74) is 1.87. The van der Waals surface area contributed by atoms with Gasteiger partial charge >= 0.3 is 0 Å². The van der Waals surface area contributed by atoms with Crippen LogP contribution in [0.25, 0.3) is 0 Å². The Morgan fingerprint density at radius 1 is 1.00 bits per heavy atom. The number of carbonyl (C=O) groups is 2. The molecule has 1 aliphatic heterocycles. The van der Waals surface area contributed by atoms with Gasteiger partial charge in [-0.1, -0.05) is 24.3 Å². The lowest BCUT2D eigenvalue weighted by molar-refractivity contribution is 0.0648. The van der Waals surface area contributed by atoms with E-state index in [1.807, 2.05) is 18.0 Å². The minimum absolute atomic E-state index is 0.219. The van der Waals surface area contributed by atoms with Crippen LogP contribution in [0.5, 0.6) is 0 Å². The SMILES string of the molecule is CN(CCCN1C(=O)c2ccccc2C1=O)Cc1cccc(F)c1. The minimum Gasteiger partial charge on any atom is -0.302 e. The first kappa shape index (κ1) is 16.3. The number of amides is 2. The highest BCUT2D eigenvalue weighted by Gasteiger charge is 2.34. The fraction of sp³-hybridized carbons (Fsp3) is 0.263. The molecule has 2 aromatic carbocycles. The van der Waals surface area contributed by atoms with Crippen molar-refractivity contribution >= 4 is 11.8 Å². The van der Waals surface area contributed by atoms with Crippen LogP contribution in [0.1, 0.15) is 32.7 Å². The lowest BCUT2D eigenvalue weighted by Gasteiger charge is -2.19. The smallest absolute Gasteiger partial charge is 0.261 e. The van der Waals surface area contributed by atoms with Gasteiger partial charge in [-0.05, 0) is 49.8 Å². The normalized spacial score (nSPS) is 13.7. The first-order valence-electron chi connectivity index (χ1n) is 7.94. The summed E-state index contributed by atoms with van der Waals surface area (Å²) in [7, 11) is 1.94. The molecule has 0 aliphatic carbocycles. The highest BCUT2D eigenvalue weighted by Crippen LogP contribution is 2.22. The van der Waals surface area contributed by atoms with Crippen molar-refractivity contribution < 1.29 is 14.0 Å². The van der Waals surface area contributed by atoms with E-state index in [1.165, 1.54) is 17.0 Å². The molecule has 0 spiro atoms. The molecule has 24 heavy (non-hydrogen) atoms. The van der Waals surface area contributed by atoms with Gasteiger partial charge in [0, 0.05) is 13.1 Å². The molecule has 0 bridgehead atoms. The van der Waals surface area contributed by atoms with E-state index in [0.717, 1.165) is 5.56 Å². The maximum absolute atomic E-state index is 13.2. The van der Waals surface area contributed by atoms with E-state index in [-0.39, 0.29) is 17.6 Å². The van der Waals surface area contributed by atoms with Gasteiger partial charge in [0.15, 0.2) is 0 Å². The predicted octanol–water partition coefficient (Wildman–Crippen LogP) is 2.94. The van der Waals surface area contributed by atoms with Crippen molar-refractivity contribution in [1.29, 1.82) is 0 Å². The van der Waals surface area contributed by atoms with E-state index in [0.29, 0.717) is 37.2 Å². The lowest BCUT2D eigenvalue weighted by Crippen LogP contribution is -2.32. The summed E-state index contributed by atoms with van der Waals surface area (Å²) >= 11 is 0. The van der Waals surface area contributed by atoms with Gasteiger partial charge < -0.3 is 4.90 Å². The van der Waals surface area contributed by atoms with Crippen LogP contribution in [0.2, 0.25) is 0 Å². The van der Waals surface area contributed by atoms with Crippen LogP contribution >= 0.6 is 0 Å². The van der Waals surface area contributed by atoms with Crippen molar-refractivity contribution in [3.05, 3.63) is 71.0 Å². The quantitative estimate of drug-likeness (QED) is 0.766. The Morgan fingerprint density at radius 3 is 2.29 bits per heavy atom. The van der Waals surface area contributed by atoms with Gasteiger partial charge in [-0.3, -0.25) is 14.5 Å². The zero-order valence-electron chi connectivity index (χ0n) is 13.5. The second kappa shape index (κ2) is 6.93. The number of carbonyl (C=O) groups excluding carboxylic acids is 2. The summed E-state index contributed by atoms with van der Waals surface area (Å²) in [5.74, 6) is -0.682. The van der Waals surface area contributed by atoms with Gasteiger partial charge in [-0.25, -0.2) is 4.39 Å². The fourth-order valence-electron chi connectivity index (χ4n) is 2.97. The maximum Gasteiger partial charge on any atom is 0.261 e. The number of nitrogens with zero attached hydrogens (tertiary/aromatic N) is 2. The number of rotatable bonds is 6. The van der Waals surface area contributed by atoms with Crippen molar-refractivity contribution in [3.8, 4) is 0 Å². The zero-order valence-corrected chi connectivity index (χ0v) is 13.5. The van der Waals surface area contributed by atoms with Crippen LogP contribution in [0.3, 0.4) is 0 Å². The van der Waals surface area contributed by atoms with Gasteiger partial charge in [0.1, 0.15) is 5.82 Å². The van der Waals surface area contributed by atoms with Crippen LogP contribution in [0, 0.1) is 5.82 Å². The number of halogens is 1. The van der Waals surface area contributed by atoms with Gasteiger partial charge in [-0.2, -0.15) is 0 Å². The summed E-state index contributed by atoms with van der Waals surface area (Å²) in [6, 6.07) is 13.4. The number of imide groups is 1. The van der Waals surface area contributed by atoms with Crippen LogP contribution < -0.4 is 0 Å². The minimum atomic E-state index is -0.244. The number of hydrogen-bond donors (Lipinski definition) is 0. The average Bonchev–Trinajstić information content (AvgIpc) is 2.80. The summed E-state index contributed by atoms with van der Waals surface area (Å²) in [6.45, 7) is 1.73. The molecule has 0 radical (unpaired) electrons. The molecule has 5 heteroatoms. The van der Waals surface area contributed by atoms with Crippen molar-refractivity contribution in [1.82, 2.24) is 9.80 Å². The van der Waals surface area contributed by atoms with E-state index in [2.05, 4.69) is 0 Å². The highest BCUT2D eigenvalue weighted by atomic mass is 19.1. The van der Waals surface area contributed by atoms with Crippen molar-refractivity contribution in [2.45, 2.75) is 13.0 Å². The lowest BCUT2D eigenvalue weighted by atomic mass is 10.1. The Hall–Kier alpha value is -2.53. The zero-order chi connectivity index (χ0) is 17.1. The Bertz CT molecular complexity index is 740. The van der Waals surface area contributed by atoms with Gasteiger partial charge in [0.05, 0.1) is 11.1 Å². The maximum atomic E-state index is 13.2. The third kappa shape index (κ3) is 3.36. The third-order valence-corrected chi connectivity index (χ3v) is 4.14. The molecule has 0 saturated heterocycles. The molecule has 2 amide bonds. The fourth-order valence-corrected chi connectivity index (χ4v) is 2.97. The van der Waals surface area contributed by atoms with Crippen LogP contribution in [0.15, 0.2) is 48.5 Å². The summed E-state index contributed by atoms with van der Waals surface area (Å²) in [4.78, 5) is 27.9. The van der Waals surface area contributed by atoms with Crippen LogP contribution in [0.4, 0.5) is 4.39 Å². The largest absolute Gasteiger partial charge is 0.302 e. The molecule has 0 N–H and O–H groups in total.